The molecule has 3 N–H and O–H groups in total. The summed E-state index contributed by atoms with van der Waals surface area (Å²) in [6, 6.07) is 0.958. The molecule has 3 nitrogen and oxygen atoms in total. The zero-order valence-corrected chi connectivity index (χ0v) is 8.23. The van der Waals surface area contributed by atoms with Crippen LogP contribution in [0.5, 0.6) is 5.75 Å². The second kappa shape index (κ2) is 3.94. The van der Waals surface area contributed by atoms with E-state index in [2.05, 4.69) is 0 Å². The molecule has 1 aromatic carbocycles. The number of nitrogens with two attached hydrogens (primary N) is 1. The van der Waals surface area contributed by atoms with E-state index < -0.39 is 17.3 Å². The van der Waals surface area contributed by atoms with Crippen molar-refractivity contribution in [2.45, 2.75) is 6.92 Å². The largest absolute Gasteiger partial charge is 0.506 e. The van der Waals surface area contributed by atoms with Crippen LogP contribution in [0.3, 0.4) is 0 Å². The summed E-state index contributed by atoms with van der Waals surface area (Å²) in [5, 5.41) is 9.24. The van der Waals surface area contributed by atoms with Crippen molar-refractivity contribution in [3.05, 3.63) is 28.0 Å². The molecule has 0 aromatic heterocycles. The lowest BCUT2D eigenvalue weighted by Gasteiger charge is -2.08. The number of aromatic hydroxyl groups is 1. The first-order chi connectivity index (χ1) is 6.49. The first-order valence-electron chi connectivity index (χ1n) is 3.89. The number of carbonyl (C=O) groups excluding carboxylic acids is 1. The van der Waals surface area contributed by atoms with Crippen LogP contribution in [0.2, 0.25) is 5.02 Å². The van der Waals surface area contributed by atoms with E-state index in [-0.39, 0.29) is 22.7 Å². The molecule has 0 bridgehead atoms. The average Bonchev–Trinajstić information content (AvgIpc) is 2.15. The molecule has 0 unspecified atom stereocenters. The number of rotatable bonds is 2. The summed E-state index contributed by atoms with van der Waals surface area (Å²) in [6.45, 7) is 1.09. The van der Waals surface area contributed by atoms with Crippen LogP contribution in [0.25, 0.3) is 0 Å². The fourth-order valence-corrected chi connectivity index (χ4v) is 1.34. The highest BCUT2D eigenvalue weighted by Gasteiger charge is 2.18. The molecule has 0 amide bonds. The predicted octanol–water partition coefficient (Wildman–Crippen LogP) is 1.63. The molecule has 5 heteroatoms. The molecule has 0 fully saturated rings. The van der Waals surface area contributed by atoms with Crippen molar-refractivity contribution in [2.75, 3.05) is 6.54 Å². The third kappa shape index (κ3) is 1.71. The van der Waals surface area contributed by atoms with Gasteiger partial charge in [0.2, 0.25) is 0 Å². The van der Waals surface area contributed by atoms with Crippen LogP contribution in [0.4, 0.5) is 4.39 Å². The Balaban J connectivity index is 3.47. The van der Waals surface area contributed by atoms with E-state index in [0.717, 1.165) is 6.07 Å². The van der Waals surface area contributed by atoms with Gasteiger partial charge >= 0.3 is 0 Å². The molecule has 0 aliphatic rings. The van der Waals surface area contributed by atoms with Gasteiger partial charge in [-0.25, -0.2) is 4.39 Å². The molecule has 0 saturated heterocycles. The van der Waals surface area contributed by atoms with Crippen molar-refractivity contribution in [3.8, 4) is 5.75 Å². The van der Waals surface area contributed by atoms with E-state index in [1.165, 1.54) is 6.92 Å². The van der Waals surface area contributed by atoms with Gasteiger partial charge in [-0.3, -0.25) is 4.79 Å². The van der Waals surface area contributed by atoms with Crippen LogP contribution in [-0.4, -0.2) is 17.4 Å². The second-order valence-corrected chi connectivity index (χ2v) is 3.22. The molecular weight excluding hydrogens is 209 g/mol. The van der Waals surface area contributed by atoms with Crippen molar-refractivity contribution in [3.63, 3.8) is 0 Å². The molecule has 0 radical (unpaired) electrons. The van der Waals surface area contributed by atoms with Crippen LogP contribution < -0.4 is 5.73 Å². The number of carbonyl (C=O) groups is 1. The Bertz CT molecular complexity index is 367. The number of benzene rings is 1. The van der Waals surface area contributed by atoms with Gasteiger partial charge in [0, 0.05) is 0 Å². The third-order valence-corrected chi connectivity index (χ3v) is 2.20. The highest BCUT2D eigenvalue weighted by molar-refractivity contribution is 6.32. The van der Waals surface area contributed by atoms with Gasteiger partial charge in [-0.05, 0) is 18.6 Å². The Morgan fingerprint density at radius 3 is 2.79 bits per heavy atom. The van der Waals surface area contributed by atoms with Gasteiger partial charge in [0.25, 0.3) is 0 Å². The van der Waals surface area contributed by atoms with E-state index in [0.29, 0.717) is 0 Å². The van der Waals surface area contributed by atoms with E-state index in [1.807, 2.05) is 0 Å². The zero-order chi connectivity index (χ0) is 10.9. The van der Waals surface area contributed by atoms with E-state index >= 15 is 0 Å². The SMILES string of the molecule is Cc1c(F)cc(Cl)c(O)c1C(=O)CN. The normalized spacial score (nSPS) is 10.3. The number of Topliss-reactive ketones (excluding diaryl/α,β-unsaturated/α-hetero) is 1. The molecule has 0 spiro atoms. The van der Waals surface area contributed by atoms with Gasteiger partial charge in [-0.2, -0.15) is 0 Å². The molecule has 0 saturated carbocycles. The van der Waals surface area contributed by atoms with Gasteiger partial charge < -0.3 is 10.8 Å². The van der Waals surface area contributed by atoms with Crippen molar-refractivity contribution in [1.82, 2.24) is 0 Å². The Kier molecular flexibility index (Phi) is 3.08. The maximum absolute atomic E-state index is 13.1. The molecule has 1 aromatic rings. The Morgan fingerprint density at radius 2 is 2.29 bits per heavy atom. The second-order valence-electron chi connectivity index (χ2n) is 2.82. The van der Waals surface area contributed by atoms with E-state index in [9.17, 15) is 14.3 Å². The van der Waals surface area contributed by atoms with E-state index in [4.69, 9.17) is 17.3 Å². The highest BCUT2D eigenvalue weighted by Crippen LogP contribution is 2.31. The summed E-state index contributed by atoms with van der Waals surface area (Å²) in [4.78, 5) is 11.2. The van der Waals surface area contributed by atoms with Gasteiger partial charge in [-0.15, -0.1) is 0 Å². The average molecular weight is 218 g/mol. The van der Waals surface area contributed by atoms with Crippen LogP contribution >= 0.6 is 11.6 Å². The topological polar surface area (TPSA) is 63.3 Å². The first-order valence-corrected chi connectivity index (χ1v) is 4.27. The smallest absolute Gasteiger partial charge is 0.180 e. The highest BCUT2D eigenvalue weighted by atomic mass is 35.5. The summed E-state index contributed by atoms with van der Waals surface area (Å²) in [5.41, 5.74) is 5.03. The molecule has 0 heterocycles. The standard InChI is InChI=1S/C9H9ClFNO2/c1-4-6(11)2-5(10)9(14)8(4)7(13)3-12/h2,14H,3,12H2,1H3. The molecule has 0 aliphatic carbocycles. The summed E-state index contributed by atoms with van der Waals surface area (Å²) in [7, 11) is 0. The lowest BCUT2D eigenvalue weighted by Crippen LogP contribution is -2.15. The molecular formula is C9H9ClFNO2. The molecule has 14 heavy (non-hydrogen) atoms. The lowest BCUT2D eigenvalue weighted by molar-refractivity contribution is 0.0997. The lowest BCUT2D eigenvalue weighted by atomic mass is 10.0. The maximum atomic E-state index is 13.1. The Labute approximate surface area is 85.3 Å². The summed E-state index contributed by atoms with van der Waals surface area (Å²) in [6.07, 6.45) is 0. The number of hydrogen-bond donors (Lipinski definition) is 2. The quantitative estimate of drug-likeness (QED) is 0.741. The molecule has 1 rings (SSSR count). The van der Waals surface area contributed by atoms with Gasteiger partial charge in [0.05, 0.1) is 17.1 Å². The van der Waals surface area contributed by atoms with Crippen LogP contribution in [0.15, 0.2) is 6.07 Å². The summed E-state index contributed by atoms with van der Waals surface area (Å²) in [5.74, 6) is -1.59. The molecule has 76 valence electrons. The van der Waals surface area contributed by atoms with Crippen molar-refractivity contribution in [2.24, 2.45) is 5.73 Å². The fraction of sp³-hybridized carbons (Fsp3) is 0.222. The van der Waals surface area contributed by atoms with E-state index in [1.54, 1.807) is 0 Å². The van der Waals surface area contributed by atoms with Crippen LogP contribution in [0.1, 0.15) is 15.9 Å². The number of phenolic OH excluding ortho intramolecular Hbond substituents is 1. The van der Waals surface area contributed by atoms with Crippen LogP contribution in [-0.2, 0) is 0 Å². The fourth-order valence-electron chi connectivity index (χ4n) is 1.15. The number of hydrogen-bond acceptors (Lipinski definition) is 3. The van der Waals surface area contributed by atoms with Crippen molar-refractivity contribution >= 4 is 17.4 Å². The minimum atomic E-state index is -0.635. The predicted molar refractivity (Wildman–Crippen MR) is 51.2 cm³/mol. The Hall–Kier alpha value is -1.13. The maximum Gasteiger partial charge on any atom is 0.180 e. The third-order valence-electron chi connectivity index (χ3n) is 1.91. The molecule has 0 aliphatic heterocycles. The number of ketones is 1. The minimum absolute atomic E-state index is 0.0577. The summed E-state index contributed by atoms with van der Waals surface area (Å²) < 4.78 is 13.1. The Morgan fingerprint density at radius 1 is 1.71 bits per heavy atom. The number of halogens is 2. The van der Waals surface area contributed by atoms with Gasteiger partial charge in [0.15, 0.2) is 5.78 Å². The van der Waals surface area contributed by atoms with Gasteiger partial charge in [-0.1, -0.05) is 11.6 Å². The summed E-state index contributed by atoms with van der Waals surface area (Å²) >= 11 is 5.51. The van der Waals surface area contributed by atoms with Gasteiger partial charge in [0.1, 0.15) is 11.6 Å². The zero-order valence-electron chi connectivity index (χ0n) is 7.47. The van der Waals surface area contributed by atoms with Crippen LogP contribution in [0, 0.1) is 12.7 Å². The number of phenols is 1. The van der Waals surface area contributed by atoms with Crippen molar-refractivity contribution in [1.29, 1.82) is 0 Å². The molecule has 0 atom stereocenters. The minimum Gasteiger partial charge on any atom is -0.506 e. The first kappa shape index (κ1) is 10.9. The van der Waals surface area contributed by atoms with Crippen molar-refractivity contribution < 1.29 is 14.3 Å². The monoisotopic (exact) mass is 217 g/mol.